The standard InChI is InChI=1S/C13H9.C13H13.2C10H13.CH2.2ClH.Zr/c1-3-7-12-10(5-1)9-11-6-2-4-8-13(11)12;1-10-8-11(2)13(9-10)12-6-4-3-5-7-12;2*1-10(2,3)9-7-5-4-6-8-9;;;;/h1-5,7-8H,9H2;3-7,9-10H,1-2H3;2*5-8H,1-3H3;1H2;2*1H;. The Balaban J connectivity index is 0.00000243. The summed E-state index contributed by atoms with van der Waals surface area (Å²) >= 11 is -5.03. The van der Waals surface area contributed by atoms with Crippen molar-refractivity contribution in [1.82, 2.24) is 0 Å². The minimum atomic E-state index is -5.03. The quantitative estimate of drug-likeness (QED) is 0.164. The van der Waals surface area contributed by atoms with Gasteiger partial charge in [0, 0.05) is 0 Å². The van der Waals surface area contributed by atoms with Crippen LogP contribution in [0.1, 0.15) is 83.2 Å². The van der Waals surface area contributed by atoms with Crippen molar-refractivity contribution >= 4 is 44.4 Å². The zero-order valence-corrected chi connectivity index (χ0v) is 35.0. The number of allylic oxidation sites excluding steroid dienone is 4. The van der Waals surface area contributed by atoms with Crippen molar-refractivity contribution in [2.24, 2.45) is 5.92 Å². The van der Waals surface area contributed by atoms with Crippen LogP contribution in [-0.2, 0) is 35.5 Å². The Hall–Kier alpha value is -3.09. The summed E-state index contributed by atoms with van der Waals surface area (Å²) in [7, 11) is 0. The first-order chi connectivity index (χ1) is 22.7. The first kappa shape index (κ1) is 38.2. The molecule has 2 aliphatic carbocycles. The van der Waals surface area contributed by atoms with Crippen molar-refractivity contribution in [3.8, 4) is 11.1 Å². The fraction of sp³-hybridized carbons (Fsp3) is 0.255. The molecule has 0 heterocycles. The van der Waals surface area contributed by atoms with Gasteiger partial charge in [0.1, 0.15) is 0 Å². The van der Waals surface area contributed by atoms with Crippen molar-refractivity contribution < 1.29 is 18.3 Å². The minimum absolute atomic E-state index is 0. The van der Waals surface area contributed by atoms with Crippen LogP contribution in [-0.4, -0.2) is 4.21 Å². The van der Waals surface area contributed by atoms with E-state index in [0.29, 0.717) is 0 Å². The predicted octanol–water partition coefficient (Wildman–Crippen LogP) is 11.1. The van der Waals surface area contributed by atoms with Crippen LogP contribution in [0.4, 0.5) is 0 Å². The summed E-state index contributed by atoms with van der Waals surface area (Å²) in [6.45, 7) is 18.7. The van der Waals surface area contributed by atoms with Crippen molar-refractivity contribution in [2.45, 2.75) is 72.6 Å². The van der Waals surface area contributed by atoms with E-state index in [4.69, 9.17) is 4.21 Å². The molecule has 0 fully saturated rings. The van der Waals surface area contributed by atoms with Gasteiger partial charge < -0.3 is 0 Å². The molecule has 0 saturated carbocycles. The van der Waals surface area contributed by atoms with Gasteiger partial charge in [0.2, 0.25) is 0 Å². The van der Waals surface area contributed by atoms with E-state index in [9.17, 15) is 0 Å². The molecule has 0 nitrogen and oxygen atoms in total. The summed E-state index contributed by atoms with van der Waals surface area (Å²) < 4.78 is 11.7. The van der Waals surface area contributed by atoms with Crippen molar-refractivity contribution in [3.05, 3.63) is 164 Å². The number of fused-ring (bicyclic) bond motifs is 3. The maximum absolute atomic E-state index is 5.87. The summed E-state index contributed by atoms with van der Waals surface area (Å²) in [5.74, 6) is 0.243. The maximum atomic E-state index is 5.87. The van der Waals surface area contributed by atoms with Crippen LogP contribution in [0.15, 0.2) is 136 Å². The summed E-state index contributed by atoms with van der Waals surface area (Å²) in [6, 6.07) is 46.7. The molecule has 0 aromatic heterocycles. The molecule has 258 valence electrons. The molecule has 5 aromatic rings. The number of hydrogen-bond donors (Lipinski definition) is 0. The fourth-order valence-electron chi connectivity index (χ4n) is 9.08. The normalized spacial score (nSPS) is 15.9. The number of benzene rings is 5. The second-order valence-corrected chi connectivity index (χ2v) is 29.2. The molecule has 0 N–H and O–H groups in total. The van der Waals surface area contributed by atoms with Crippen LogP contribution in [0, 0.1) is 5.92 Å². The van der Waals surface area contributed by atoms with Crippen LogP contribution in [0.3, 0.4) is 0 Å². The molecule has 1 atom stereocenters. The topological polar surface area (TPSA) is 0 Å². The second kappa shape index (κ2) is 13.5. The van der Waals surface area contributed by atoms with Crippen LogP contribution < -0.4 is 9.81 Å². The summed E-state index contributed by atoms with van der Waals surface area (Å²) in [6.07, 6.45) is 3.48. The third-order valence-electron chi connectivity index (χ3n) is 11.6. The molecule has 7 rings (SSSR count). The second-order valence-electron chi connectivity index (χ2n) is 16.6. The number of rotatable bonds is 5. The molecule has 0 radical (unpaired) electrons. The predicted molar refractivity (Wildman–Crippen MR) is 222 cm³/mol. The van der Waals surface area contributed by atoms with Gasteiger partial charge in [-0.3, -0.25) is 0 Å². The van der Waals surface area contributed by atoms with Gasteiger partial charge in [-0.1, -0.05) is 0 Å². The van der Waals surface area contributed by atoms with E-state index in [2.05, 4.69) is 183 Å². The van der Waals surface area contributed by atoms with E-state index in [1.807, 2.05) is 0 Å². The zero-order chi connectivity index (χ0) is 34.1. The first-order valence-corrected chi connectivity index (χ1v) is 24.3. The Labute approximate surface area is 314 Å². The average molecular weight is 779 g/mol. The third-order valence-corrected chi connectivity index (χ3v) is 28.5. The molecule has 0 bridgehead atoms. The van der Waals surface area contributed by atoms with Gasteiger partial charge in [-0.05, 0) is 0 Å². The van der Waals surface area contributed by atoms with Crippen LogP contribution in [0.5, 0.6) is 0 Å². The molecule has 0 saturated heterocycles. The van der Waals surface area contributed by atoms with Gasteiger partial charge in [0.25, 0.3) is 0 Å². The van der Waals surface area contributed by atoms with E-state index in [-0.39, 0.29) is 41.6 Å². The van der Waals surface area contributed by atoms with Crippen LogP contribution >= 0.6 is 24.8 Å². The molecule has 0 aliphatic heterocycles. The monoisotopic (exact) mass is 776 g/mol. The summed E-state index contributed by atoms with van der Waals surface area (Å²) in [4.78, 5) is 0. The van der Waals surface area contributed by atoms with E-state index in [0.717, 1.165) is 6.42 Å². The fourth-order valence-corrected chi connectivity index (χ4v) is 26.5. The summed E-state index contributed by atoms with van der Waals surface area (Å²) in [5, 5.41) is 0. The molecular weight excluding hydrogens is 727 g/mol. The third kappa shape index (κ3) is 5.83. The average Bonchev–Trinajstić information content (AvgIpc) is 3.61. The molecule has 5 aromatic carbocycles. The SMILES string of the molecule is Cl.Cl.[CH2]=[Zr]([C]1=C(C)C(c2ccccc2)=CC1C)([c]1ccc(C(C)(C)C)cc1)([c]1ccc(C(C)(C)C)cc1)[c]1cccc2c1Cc1ccccc1-2. The van der Waals surface area contributed by atoms with E-state index < -0.39 is 18.3 Å². The van der Waals surface area contributed by atoms with Crippen molar-refractivity contribution in [1.29, 1.82) is 0 Å². The number of hydrogen-bond acceptors (Lipinski definition) is 0. The molecule has 1 unspecified atom stereocenters. The Morgan fingerprint density at radius 1 is 0.600 bits per heavy atom. The van der Waals surface area contributed by atoms with Gasteiger partial charge in [0.05, 0.1) is 0 Å². The van der Waals surface area contributed by atoms with E-state index in [1.54, 1.807) is 3.28 Å². The number of halogens is 2. The van der Waals surface area contributed by atoms with Gasteiger partial charge in [-0.25, -0.2) is 0 Å². The Bertz CT molecular complexity index is 2110. The Kier molecular flexibility index (Phi) is 10.3. The van der Waals surface area contributed by atoms with E-state index >= 15 is 0 Å². The summed E-state index contributed by atoms with van der Waals surface area (Å²) in [5.41, 5.74) is 12.5. The molecule has 0 amide bonds. The van der Waals surface area contributed by atoms with Crippen molar-refractivity contribution in [3.63, 3.8) is 0 Å². The van der Waals surface area contributed by atoms with Gasteiger partial charge in [-0.2, -0.15) is 0 Å². The van der Waals surface area contributed by atoms with Crippen LogP contribution in [0.25, 0.3) is 16.7 Å². The van der Waals surface area contributed by atoms with Gasteiger partial charge in [0.15, 0.2) is 0 Å². The van der Waals surface area contributed by atoms with Gasteiger partial charge >= 0.3 is 292 Å². The molecule has 50 heavy (non-hydrogen) atoms. The first-order valence-electron chi connectivity index (χ1n) is 17.7. The molecule has 3 heteroatoms. The molecule has 0 spiro atoms. The zero-order valence-electron chi connectivity index (χ0n) is 30.9. The van der Waals surface area contributed by atoms with Crippen LogP contribution in [0.2, 0.25) is 0 Å². The van der Waals surface area contributed by atoms with E-state index in [1.165, 1.54) is 59.9 Å². The molecular formula is C47H52Cl2Zr. The van der Waals surface area contributed by atoms with Crippen molar-refractivity contribution in [2.75, 3.05) is 0 Å². The Morgan fingerprint density at radius 2 is 1.10 bits per heavy atom. The van der Waals surface area contributed by atoms with Gasteiger partial charge in [-0.15, -0.1) is 24.8 Å². The molecule has 2 aliphatic rings. The Morgan fingerprint density at radius 3 is 1.64 bits per heavy atom.